The molecule has 0 fully saturated rings. The first-order chi connectivity index (χ1) is 10.1. The van der Waals surface area contributed by atoms with Gasteiger partial charge in [-0.1, -0.05) is 30.3 Å². The van der Waals surface area contributed by atoms with E-state index in [4.69, 9.17) is 20.5 Å². The zero-order valence-electron chi connectivity index (χ0n) is 11.8. The molecule has 4 N–H and O–H groups in total. The summed E-state index contributed by atoms with van der Waals surface area (Å²) in [5.41, 5.74) is 8.84. The number of nitrogens with two attached hydrogens (primary N) is 1. The molecule has 1 aliphatic rings. The molecule has 0 radical (unpaired) electrons. The van der Waals surface area contributed by atoms with Gasteiger partial charge in [0, 0.05) is 5.56 Å². The second kappa shape index (κ2) is 6.83. The summed E-state index contributed by atoms with van der Waals surface area (Å²) < 4.78 is 10.9. The van der Waals surface area contributed by atoms with E-state index in [2.05, 4.69) is 0 Å². The van der Waals surface area contributed by atoms with Crippen LogP contribution in [0.15, 0.2) is 42.5 Å². The van der Waals surface area contributed by atoms with E-state index >= 15 is 0 Å². The summed E-state index contributed by atoms with van der Waals surface area (Å²) in [4.78, 5) is 0. The molecule has 7 heteroatoms. The van der Waals surface area contributed by atoms with E-state index in [1.54, 1.807) is 18.2 Å². The fraction of sp³-hybridized carbons (Fsp3) is 0.133. The first kappa shape index (κ1) is 16.4. The number of hydrogen-bond acceptors (Lipinski definition) is 4. The Labute approximate surface area is 135 Å². The molecule has 2 aromatic rings. The number of benzene rings is 2. The van der Waals surface area contributed by atoms with Gasteiger partial charge in [0.15, 0.2) is 0 Å². The number of nitrogen functional groups attached to an aromatic ring is 1. The summed E-state index contributed by atoms with van der Waals surface area (Å²) in [6.45, 7) is 0.844. The topological polar surface area (TPSA) is 88.6 Å². The number of rotatable bonds is 4. The number of fused-ring (bicyclic) bond motifs is 1. The summed E-state index contributed by atoms with van der Waals surface area (Å²) in [6, 6.07) is 12.9. The van der Waals surface area contributed by atoms with Crippen LogP contribution in [-0.4, -0.2) is 18.0 Å². The van der Waals surface area contributed by atoms with Gasteiger partial charge in [0.1, 0.15) is 18.2 Å². The van der Waals surface area contributed by atoms with Crippen molar-refractivity contribution in [3.63, 3.8) is 0 Å². The quantitative estimate of drug-likeness (QED) is 0.449. The SMILES string of the molecule is Cl.N=C(N)c1ccc(COc2ccc3c(c2)B(O)OC3)cc1. The third-order valence-corrected chi connectivity index (χ3v) is 3.45. The number of nitrogens with one attached hydrogen (secondary N) is 1. The van der Waals surface area contributed by atoms with Crippen molar-refractivity contribution >= 4 is 30.8 Å². The number of amidine groups is 1. The standard InChI is InChI=1S/C15H15BN2O3.ClH/c17-15(18)11-3-1-10(2-4-11)8-20-13-6-5-12-9-21-16(19)14(12)7-13;/h1-7,19H,8-9H2,(H3,17,18);1H. The van der Waals surface area contributed by atoms with Gasteiger partial charge in [0.05, 0.1) is 6.61 Å². The fourth-order valence-electron chi connectivity index (χ4n) is 2.23. The minimum Gasteiger partial charge on any atom is -0.489 e. The van der Waals surface area contributed by atoms with Crippen molar-refractivity contribution < 1.29 is 14.4 Å². The molecular weight excluding hydrogens is 302 g/mol. The van der Waals surface area contributed by atoms with Gasteiger partial charge >= 0.3 is 7.12 Å². The Morgan fingerprint density at radius 1 is 1.27 bits per heavy atom. The van der Waals surface area contributed by atoms with Gasteiger partial charge in [0.25, 0.3) is 0 Å². The lowest BCUT2D eigenvalue weighted by Crippen LogP contribution is -2.27. The second-order valence-corrected chi connectivity index (χ2v) is 4.92. The van der Waals surface area contributed by atoms with E-state index in [1.165, 1.54) is 0 Å². The lowest BCUT2D eigenvalue weighted by atomic mass is 9.79. The summed E-state index contributed by atoms with van der Waals surface area (Å²) in [5.74, 6) is 0.740. The molecule has 1 heterocycles. The predicted octanol–water partition coefficient (Wildman–Crippen LogP) is 1.19. The average Bonchev–Trinajstić information content (AvgIpc) is 2.87. The first-order valence-electron chi connectivity index (χ1n) is 6.62. The van der Waals surface area contributed by atoms with Crippen molar-refractivity contribution in [1.29, 1.82) is 5.41 Å². The molecule has 0 bridgehead atoms. The van der Waals surface area contributed by atoms with Gasteiger partial charge in [-0.3, -0.25) is 5.41 Å². The van der Waals surface area contributed by atoms with Crippen LogP contribution in [0.2, 0.25) is 0 Å². The summed E-state index contributed by atoms with van der Waals surface area (Å²) in [7, 11) is -0.863. The van der Waals surface area contributed by atoms with Crippen LogP contribution in [0.1, 0.15) is 16.7 Å². The van der Waals surface area contributed by atoms with Crippen LogP contribution < -0.4 is 15.9 Å². The molecule has 0 saturated carbocycles. The Morgan fingerprint density at radius 2 is 2.00 bits per heavy atom. The van der Waals surface area contributed by atoms with Crippen LogP contribution in [0.3, 0.4) is 0 Å². The van der Waals surface area contributed by atoms with E-state index < -0.39 is 7.12 Å². The maximum atomic E-state index is 9.66. The molecule has 114 valence electrons. The lowest BCUT2D eigenvalue weighted by molar-refractivity contribution is 0.275. The van der Waals surface area contributed by atoms with Crippen LogP contribution in [0.5, 0.6) is 5.75 Å². The van der Waals surface area contributed by atoms with E-state index in [-0.39, 0.29) is 18.2 Å². The Balaban J connectivity index is 0.00000176. The lowest BCUT2D eigenvalue weighted by Gasteiger charge is -2.08. The van der Waals surface area contributed by atoms with Crippen molar-refractivity contribution in [2.24, 2.45) is 5.73 Å². The molecule has 22 heavy (non-hydrogen) atoms. The molecule has 2 aromatic carbocycles. The molecule has 0 unspecified atom stereocenters. The summed E-state index contributed by atoms with van der Waals surface area (Å²) in [6.07, 6.45) is 0. The molecule has 0 atom stereocenters. The number of hydrogen-bond donors (Lipinski definition) is 3. The highest BCUT2D eigenvalue weighted by atomic mass is 35.5. The van der Waals surface area contributed by atoms with E-state index in [0.29, 0.717) is 24.5 Å². The van der Waals surface area contributed by atoms with E-state index in [0.717, 1.165) is 16.6 Å². The Bertz CT molecular complexity index is 679. The average molecular weight is 319 g/mol. The Kier molecular flexibility index (Phi) is 5.08. The largest absolute Gasteiger partial charge is 0.491 e. The molecule has 5 nitrogen and oxygen atoms in total. The molecule has 0 amide bonds. The minimum atomic E-state index is -0.863. The van der Waals surface area contributed by atoms with Crippen molar-refractivity contribution in [1.82, 2.24) is 0 Å². The molecule has 0 spiro atoms. The minimum absolute atomic E-state index is 0. The maximum Gasteiger partial charge on any atom is 0.491 e. The van der Waals surface area contributed by atoms with E-state index in [9.17, 15) is 5.02 Å². The van der Waals surface area contributed by atoms with Gasteiger partial charge in [-0.2, -0.15) is 0 Å². The monoisotopic (exact) mass is 318 g/mol. The number of ether oxygens (including phenoxy) is 1. The second-order valence-electron chi connectivity index (χ2n) is 4.92. The van der Waals surface area contributed by atoms with Gasteiger partial charge < -0.3 is 20.1 Å². The first-order valence-corrected chi connectivity index (χ1v) is 6.62. The molecule has 0 aliphatic carbocycles. The highest BCUT2D eigenvalue weighted by Gasteiger charge is 2.27. The van der Waals surface area contributed by atoms with Crippen LogP contribution in [0, 0.1) is 5.41 Å². The normalized spacial score (nSPS) is 12.5. The van der Waals surface area contributed by atoms with Crippen molar-refractivity contribution in [3.05, 3.63) is 59.2 Å². The predicted molar refractivity (Wildman–Crippen MR) is 87.9 cm³/mol. The van der Waals surface area contributed by atoms with Crippen LogP contribution in [-0.2, 0) is 17.9 Å². The third-order valence-electron chi connectivity index (χ3n) is 3.45. The fourth-order valence-corrected chi connectivity index (χ4v) is 2.23. The van der Waals surface area contributed by atoms with Crippen molar-refractivity contribution in [3.8, 4) is 5.75 Å². The van der Waals surface area contributed by atoms with Gasteiger partial charge in [-0.15, -0.1) is 12.4 Å². The summed E-state index contributed by atoms with van der Waals surface area (Å²) in [5, 5.41) is 17.0. The van der Waals surface area contributed by atoms with Crippen molar-refractivity contribution in [2.75, 3.05) is 0 Å². The third kappa shape index (κ3) is 3.41. The molecule has 1 aliphatic heterocycles. The van der Waals surface area contributed by atoms with Gasteiger partial charge in [-0.25, -0.2) is 0 Å². The smallest absolute Gasteiger partial charge is 0.489 e. The van der Waals surface area contributed by atoms with E-state index in [1.807, 2.05) is 24.3 Å². The molecule has 0 aromatic heterocycles. The zero-order valence-corrected chi connectivity index (χ0v) is 12.6. The van der Waals surface area contributed by atoms with Gasteiger partial charge in [-0.05, 0) is 28.7 Å². The van der Waals surface area contributed by atoms with Gasteiger partial charge in [0.2, 0.25) is 0 Å². The zero-order chi connectivity index (χ0) is 14.8. The number of halogens is 1. The molecule has 3 rings (SSSR count). The highest BCUT2D eigenvalue weighted by molar-refractivity contribution is 6.61. The maximum absolute atomic E-state index is 9.66. The van der Waals surface area contributed by atoms with Crippen LogP contribution in [0.4, 0.5) is 0 Å². The molecular formula is C15H16BClN2O3. The van der Waals surface area contributed by atoms with Crippen LogP contribution >= 0.6 is 12.4 Å². The van der Waals surface area contributed by atoms with Crippen molar-refractivity contribution in [2.45, 2.75) is 13.2 Å². The molecule has 0 saturated heterocycles. The van der Waals surface area contributed by atoms with Crippen LogP contribution in [0.25, 0.3) is 0 Å². The Hall–Kier alpha value is -2.02. The highest BCUT2D eigenvalue weighted by Crippen LogP contribution is 2.17. The Morgan fingerprint density at radius 3 is 2.68 bits per heavy atom. The summed E-state index contributed by atoms with van der Waals surface area (Å²) >= 11 is 0.